The molecule has 2 aliphatic carbocycles. The van der Waals surface area contributed by atoms with Gasteiger partial charge in [-0.3, -0.25) is 4.79 Å². The molecule has 0 unspecified atom stereocenters. The van der Waals surface area contributed by atoms with E-state index in [-0.39, 0.29) is 28.9 Å². The van der Waals surface area contributed by atoms with Crippen LogP contribution in [0.1, 0.15) is 82.0 Å². The average molecular weight is 407 g/mol. The molecular weight excluding hydrogens is 372 g/mol. The Hall–Kier alpha value is -1.40. The van der Waals surface area contributed by atoms with Gasteiger partial charge in [0.05, 0.1) is 4.90 Å². The molecule has 0 saturated heterocycles. The second-order valence-corrected chi connectivity index (χ2v) is 10.6. The summed E-state index contributed by atoms with van der Waals surface area (Å²) in [4.78, 5) is 15.4. The van der Waals surface area contributed by atoms with Crippen molar-refractivity contribution >= 4 is 15.9 Å². The third-order valence-corrected chi connectivity index (χ3v) is 8.26. The van der Waals surface area contributed by atoms with E-state index in [1.54, 1.807) is 31.3 Å². The summed E-state index contributed by atoms with van der Waals surface area (Å²) in [6.45, 7) is 4.07. The lowest BCUT2D eigenvalue weighted by Crippen LogP contribution is -2.43. The molecule has 1 amide bonds. The summed E-state index contributed by atoms with van der Waals surface area (Å²) in [5.74, 6) is -0.0562. The third-order valence-electron chi connectivity index (χ3n) is 6.36. The normalized spacial score (nSPS) is 19.5. The number of benzene rings is 1. The highest BCUT2D eigenvalue weighted by atomic mass is 32.2. The molecule has 0 bridgehead atoms. The van der Waals surface area contributed by atoms with Gasteiger partial charge < -0.3 is 4.90 Å². The zero-order valence-corrected chi connectivity index (χ0v) is 18.2. The Labute approximate surface area is 170 Å². The van der Waals surface area contributed by atoms with Crippen molar-refractivity contribution in [2.75, 3.05) is 7.05 Å². The van der Waals surface area contributed by atoms with Crippen LogP contribution in [0.2, 0.25) is 0 Å². The second-order valence-electron chi connectivity index (χ2n) is 8.59. The molecule has 5 nitrogen and oxygen atoms in total. The van der Waals surface area contributed by atoms with E-state index in [9.17, 15) is 13.2 Å². The summed E-state index contributed by atoms with van der Waals surface area (Å²) in [7, 11) is -1.92. The van der Waals surface area contributed by atoms with Gasteiger partial charge in [0.1, 0.15) is 0 Å². The van der Waals surface area contributed by atoms with Crippen molar-refractivity contribution in [3.05, 3.63) is 29.8 Å². The molecule has 0 atom stereocenters. The second kappa shape index (κ2) is 8.95. The highest BCUT2D eigenvalue weighted by molar-refractivity contribution is 7.89. The van der Waals surface area contributed by atoms with Crippen LogP contribution in [0.15, 0.2) is 29.2 Å². The van der Waals surface area contributed by atoms with Gasteiger partial charge in [-0.05, 0) is 57.7 Å². The number of hydrogen-bond donors (Lipinski definition) is 0. The summed E-state index contributed by atoms with van der Waals surface area (Å²) >= 11 is 0. The standard InChI is InChI=1S/C22H34N2O3S/c1-17(2)24(20-13-7-8-14-20)22(25)18-10-9-15-21(16-18)28(26,27)23(3)19-11-5-4-6-12-19/h9-10,15-17,19-20H,4-8,11-14H2,1-3H3. The molecule has 6 heteroatoms. The van der Waals surface area contributed by atoms with E-state index in [1.165, 1.54) is 10.7 Å². The fourth-order valence-electron chi connectivity index (χ4n) is 4.75. The third kappa shape index (κ3) is 4.43. The van der Waals surface area contributed by atoms with Crippen molar-refractivity contribution in [2.45, 2.75) is 94.7 Å². The van der Waals surface area contributed by atoms with E-state index >= 15 is 0 Å². The summed E-state index contributed by atoms with van der Waals surface area (Å²) in [5, 5.41) is 0. The summed E-state index contributed by atoms with van der Waals surface area (Å²) in [6, 6.07) is 7.04. The van der Waals surface area contributed by atoms with E-state index in [2.05, 4.69) is 0 Å². The minimum absolute atomic E-state index is 0.0562. The largest absolute Gasteiger partial charge is 0.333 e. The molecule has 2 saturated carbocycles. The summed E-state index contributed by atoms with van der Waals surface area (Å²) < 4.78 is 27.9. The van der Waals surface area contributed by atoms with Crippen molar-refractivity contribution in [1.82, 2.24) is 9.21 Å². The predicted molar refractivity (Wildman–Crippen MR) is 112 cm³/mol. The Morgan fingerprint density at radius 3 is 2.14 bits per heavy atom. The lowest BCUT2D eigenvalue weighted by atomic mass is 9.96. The first-order valence-electron chi connectivity index (χ1n) is 10.7. The molecular formula is C22H34N2O3S. The quantitative estimate of drug-likeness (QED) is 0.702. The van der Waals surface area contributed by atoms with Gasteiger partial charge in [0.2, 0.25) is 10.0 Å². The number of nitrogens with zero attached hydrogens (tertiary/aromatic N) is 2. The maximum atomic E-state index is 13.2. The number of sulfonamides is 1. The number of carbonyl (C=O) groups is 1. The van der Waals surface area contributed by atoms with Crippen LogP contribution in [0, 0.1) is 0 Å². The Bertz CT molecular complexity index is 779. The molecule has 0 aromatic heterocycles. The molecule has 1 aromatic carbocycles. The zero-order valence-electron chi connectivity index (χ0n) is 17.4. The lowest BCUT2D eigenvalue weighted by molar-refractivity contribution is 0.0613. The molecule has 3 rings (SSSR count). The topological polar surface area (TPSA) is 57.7 Å². The first-order chi connectivity index (χ1) is 13.3. The summed E-state index contributed by atoms with van der Waals surface area (Å²) in [6.07, 6.45) is 9.54. The molecule has 2 aliphatic rings. The van der Waals surface area contributed by atoms with E-state index in [0.29, 0.717) is 5.56 Å². The highest BCUT2D eigenvalue weighted by Crippen LogP contribution is 2.29. The van der Waals surface area contributed by atoms with Gasteiger partial charge in [0.25, 0.3) is 5.91 Å². The van der Waals surface area contributed by atoms with Crippen LogP contribution in [0.5, 0.6) is 0 Å². The van der Waals surface area contributed by atoms with E-state index < -0.39 is 10.0 Å². The SMILES string of the molecule is CC(C)N(C(=O)c1cccc(S(=O)(=O)N(C)C2CCCCC2)c1)C1CCCC1. The fraction of sp³-hybridized carbons (Fsp3) is 0.682. The van der Waals surface area contributed by atoms with Crippen LogP contribution >= 0.6 is 0 Å². The average Bonchev–Trinajstić information content (AvgIpc) is 3.22. The molecule has 0 aliphatic heterocycles. The molecule has 1 aromatic rings. The van der Waals surface area contributed by atoms with Gasteiger partial charge in [-0.15, -0.1) is 0 Å². The van der Waals surface area contributed by atoms with Crippen LogP contribution < -0.4 is 0 Å². The van der Waals surface area contributed by atoms with E-state index in [4.69, 9.17) is 0 Å². The molecule has 0 heterocycles. The number of amides is 1. The highest BCUT2D eigenvalue weighted by Gasteiger charge is 2.32. The van der Waals surface area contributed by atoms with Gasteiger partial charge in [-0.1, -0.05) is 38.2 Å². The minimum Gasteiger partial charge on any atom is -0.333 e. The predicted octanol–water partition coefficient (Wildman–Crippen LogP) is 4.43. The van der Waals surface area contributed by atoms with Crippen molar-refractivity contribution in [3.8, 4) is 0 Å². The first kappa shape index (κ1) is 21.3. The maximum Gasteiger partial charge on any atom is 0.254 e. The molecule has 0 N–H and O–H groups in total. The number of rotatable bonds is 6. The van der Waals surface area contributed by atoms with Gasteiger partial charge in [-0.25, -0.2) is 8.42 Å². The zero-order chi connectivity index (χ0) is 20.3. The van der Waals surface area contributed by atoms with Crippen LogP contribution in [0.4, 0.5) is 0 Å². The molecule has 28 heavy (non-hydrogen) atoms. The number of hydrogen-bond acceptors (Lipinski definition) is 3. The van der Waals surface area contributed by atoms with Crippen molar-refractivity contribution in [1.29, 1.82) is 0 Å². The minimum atomic E-state index is -3.60. The molecule has 0 radical (unpaired) electrons. The van der Waals surface area contributed by atoms with Gasteiger partial charge in [-0.2, -0.15) is 4.31 Å². The monoisotopic (exact) mass is 406 g/mol. The summed E-state index contributed by atoms with van der Waals surface area (Å²) in [5.41, 5.74) is 0.471. The lowest BCUT2D eigenvalue weighted by Gasteiger charge is -2.33. The Balaban J connectivity index is 1.85. The smallest absolute Gasteiger partial charge is 0.254 e. The van der Waals surface area contributed by atoms with Crippen molar-refractivity contribution in [2.24, 2.45) is 0 Å². The van der Waals surface area contributed by atoms with Crippen molar-refractivity contribution in [3.63, 3.8) is 0 Å². The number of carbonyl (C=O) groups excluding carboxylic acids is 1. The van der Waals surface area contributed by atoms with Gasteiger partial charge in [0.15, 0.2) is 0 Å². The first-order valence-corrected chi connectivity index (χ1v) is 12.2. The van der Waals surface area contributed by atoms with Crippen LogP contribution in [0.25, 0.3) is 0 Å². The Kier molecular flexibility index (Phi) is 6.81. The van der Waals surface area contributed by atoms with Crippen LogP contribution in [0.3, 0.4) is 0 Å². The van der Waals surface area contributed by atoms with Crippen LogP contribution in [-0.4, -0.2) is 48.7 Å². The van der Waals surface area contributed by atoms with Crippen molar-refractivity contribution < 1.29 is 13.2 Å². The maximum absolute atomic E-state index is 13.2. The Morgan fingerprint density at radius 1 is 0.964 bits per heavy atom. The van der Waals surface area contributed by atoms with E-state index in [1.807, 2.05) is 18.7 Å². The van der Waals surface area contributed by atoms with Gasteiger partial charge in [0, 0.05) is 30.7 Å². The van der Waals surface area contributed by atoms with E-state index in [0.717, 1.165) is 51.4 Å². The molecule has 156 valence electrons. The Morgan fingerprint density at radius 2 is 1.54 bits per heavy atom. The fourth-order valence-corrected chi connectivity index (χ4v) is 6.21. The molecule has 0 spiro atoms. The van der Waals surface area contributed by atoms with Gasteiger partial charge >= 0.3 is 0 Å². The molecule has 2 fully saturated rings. The van der Waals surface area contributed by atoms with Crippen LogP contribution in [-0.2, 0) is 10.0 Å².